The zero-order valence-electron chi connectivity index (χ0n) is 10.1. The summed E-state index contributed by atoms with van der Waals surface area (Å²) in [5, 5.41) is 2.91. The molecule has 2 aliphatic heterocycles. The molecule has 5 heteroatoms. The second kappa shape index (κ2) is 4.90. The third kappa shape index (κ3) is 2.37. The average molecular weight is 310 g/mol. The molecule has 2 fully saturated rings. The average Bonchev–Trinajstić information content (AvgIpc) is 2.74. The predicted octanol–water partition coefficient (Wildman–Crippen LogP) is 1.66. The van der Waals surface area contributed by atoms with Crippen LogP contribution in [0.3, 0.4) is 0 Å². The fraction of sp³-hybridized carbons (Fsp3) is 0.462. The molecule has 0 bridgehead atoms. The molecule has 2 aliphatic rings. The molecule has 96 valence electrons. The van der Waals surface area contributed by atoms with E-state index >= 15 is 0 Å². The van der Waals surface area contributed by atoms with Crippen LogP contribution in [-0.4, -0.2) is 48.1 Å². The van der Waals surface area contributed by atoms with Crippen LogP contribution in [0.15, 0.2) is 28.7 Å². The number of benzene rings is 1. The van der Waals surface area contributed by atoms with Gasteiger partial charge in [0.2, 0.25) is 0 Å². The molecule has 0 spiro atoms. The number of piperazine rings is 1. The van der Waals surface area contributed by atoms with E-state index in [2.05, 4.69) is 50.4 Å². The Morgan fingerprint density at radius 2 is 2.06 bits per heavy atom. The van der Waals surface area contributed by atoms with Crippen LogP contribution in [0.4, 0.5) is 4.79 Å². The maximum absolute atomic E-state index is 11.5. The Kier molecular flexibility index (Phi) is 3.26. The highest BCUT2D eigenvalue weighted by molar-refractivity contribution is 9.10. The van der Waals surface area contributed by atoms with Gasteiger partial charge in [0.05, 0.1) is 6.04 Å². The van der Waals surface area contributed by atoms with E-state index in [0.717, 1.165) is 37.2 Å². The van der Waals surface area contributed by atoms with E-state index in [1.54, 1.807) is 0 Å². The van der Waals surface area contributed by atoms with Gasteiger partial charge < -0.3 is 10.2 Å². The molecule has 0 aromatic heterocycles. The van der Waals surface area contributed by atoms with Gasteiger partial charge in [-0.2, -0.15) is 0 Å². The number of nitrogens with zero attached hydrogens (tertiary/aromatic N) is 2. The second-order valence-electron chi connectivity index (χ2n) is 4.89. The Balaban J connectivity index is 1.62. The first kappa shape index (κ1) is 12.0. The molecule has 4 nitrogen and oxygen atoms in total. The first-order valence-corrected chi connectivity index (χ1v) is 7.03. The van der Waals surface area contributed by atoms with Gasteiger partial charge in [-0.25, -0.2) is 4.79 Å². The number of fused-ring (bicyclic) bond motifs is 1. The van der Waals surface area contributed by atoms with E-state index < -0.39 is 0 Å². The van der Waals surface area contributed by atoms with Crippen molar-refractivity contribution in [1.82, 2.24) is 15.1 Å². The van der Waals surface area contributed by atoms with E-state index in [4.69, 9.17) is 0 Å². The summed E-state index contributed by atoms with van der Waals surface area (Å²) in [6.45, 7) is 4.52. The van der Waals surface area contributed by atoms with Crippen molar-refractivity contribution in [3.63, 3.8) is 0 Å². The van der Waals surface area contributed by atoms with Crippen LogP contribution in [0.1, 0.15) is 5.56 Å². The van der Waals surface area contributed by atoms with Gasteiger partial charge in [-0.05, 0) is 17.7 Å². The maximum Gasteiger partial charge on any atom is 0.317 e. The number of carbonyl (C=O) groups excluding carboxylic acids is 1. The number of nitrogens with one attached hydrogen (secondary N) is 1. The molecule has 0 aliphatic carbocycles. The zero-order chi connectivity index (χ0) is 12.5. The largest absolute Gasteiger partial charge is 0.336 e. The second-order valence-corrected chi connectivity index (χ2v) is 5.81. The van der Waals surface area contributed by atoms with E-state index in [-0.39, 0.29) is 6.03 Å². The van der Waals surface area contributed by atoms with Crippen molar-refractivity contribution in [3.8, 4) is 0 Å². The lowest BCUT2D eigenvalue weighted by Gasteiger charge is -2.36. The van der Waals surface area contributed by atoms with Crippen molar-refractivity contribution in [3.05, 3.63) is 34.3 Å². The van der Waals surface area contributed by atoms with E-state index in [1.807, 2.05) is 4.90 Å². The normalized spacial score (nSPS) is 23.9. The number of hydrogen-bond donors (Lipinski definition) is 1. The summed E-state index contributed by atoms with van der Waals surface area (Å²) in [5.41, 5.74) is 1.32. The van der Waals surface area contributed by atoms with Crippen LogP contribution in [0.2, 0.25) is 0 Å². The summed E-state index contributed by atoms with van der Waals surface area (Å²) in [6, 6.07) is 8.89. The summed E-state index contributed by atoms with van der Waals surface area (Å²) >= 11 is 3.45. The van der Waals surface area contributed by atoms with Gasteiger partial charge >= 0.3 is 6.03 Å². The van der Waals surface area contributed by atoms with E-state index in [0.29, 0.717) is 6.04 Å². The summed E-state index contributed by atoms with van der Waals surface area (Å²) < 4.78 is 1.11. The SMILES string of the molecule is O=C1NCC2CN(Cc3ccc(Br)cc3)CCN12. The minimum Gasteiger partial charge on any atom is -0.336 e. The first-order chi connectivity index (χ1) is 8.72. The summed E-state index contributed by atoms with van der Waals surface area (Å²) in [5.74, 6) is 0. The molecule has 0 radical (unpaired) electrons. The third-order valence-corrected chi connectivity index (χ3v) is 4.16. The monoisotopic (exact) mass is 309 g/mol. The maximum atomic E-state index is 11.5. The Bertz CT molecular complexity index is 448. The summed E-state index contributed by atoms with van der Waals surface area (Å²) in [6.07, 6.45) is 0. The minimum absolute atomic E-state index is 0.100. The molecule has 2 saturated heterocycles. The molecule has 1 aromatic carbocycles. The van der Waals surface area contributed by atoms with Crippen LogP contribution in [0, 0.1) is 0 Å². The molecule has 1 N–H and O–H groups in total. The summed E-state index contributed by atoms with van der Waals surface area (Å²) in [4.78, 5) is 15.9. The standard InChI is InChI=1S/C13H16BrN3O/c14-11-3-1-10(2-4-11)8-16-5-6-17-12(9-16)7-15-13(17)18/h1-4,12H,5-9H2,(H,15,18). The number of halogens is 1. The van der Waals surface area contributed by atoms with Gasteiger partial charge in [-0.15, -0.1) is 0 Å². The van der Waals surface area contributed by atoms with Crippen LogP contribution < -0.4 is 5.32 Å². The minimum atomic E-state index is 0.100. The van der Waals surface area contributed by atoms with Crippen molar-refractivity contribution >= 4 is 22.0 Å². The fourth-order valence-corrected chi connectivity index (χ4v) is 2.92. The number of carbonyl (C=O) groups is 1. The fourth-order valence-electron chi connectivity index (χ4n) is 2.66. The molecular weight excluding hydrogens is 294 g/mol. The predicted molar refractivity (Wildman–Crippen MR) is 73.3 cm³/mol. The number of amides is 2. The van der Waals surface area contributed by atoms with Crippen molar-refractivity contribution in [2.75, 3.05) is 26.2 Å². The molecule has 0 saturated carbocycles. The molecule has 1 aromatic rings. The van der Waals surface area contributed by atoms with E-state index in [1.165, 1.54) is 5.56 Å². The molecule has 1 unspecified atom stereocenters. The van der Waals surface area contributed by atoms with Crippen LogP contribution in [0.25, 0.3) is 0 Å². The van der Waals surface area contributed by atoms with Crippen LogP contribution in [0.5, 0.6) is 0 Å². The zero-order valence-corrected chi connectivity index (χ0v) is 11.7. The van der Waals surface area contributed by atoms with Crippen molar-refractivity contribution in [2.45, 2.75) is 12.6 Å². The highest BCUT2D eigenvalue weighted by atomic mass is 79.9. The number of rotatable bonds is 2. The van der Waals surface area contributed by atoms with Crippen molar-refractivity contribution < 1.29 is 4.79 Å². The Labute approximate surface area is 115 Å². The van der Waals surface area contributed by atoms with E-state index in [9.17, 15) is 4.79 Å². The third-order valence-electron chi connectivity index (χ3n) is 3.64. The first-order valence-electron chi connectivity index (χ1n) is 6.23. The topological polar surface area (TPSA) is 35.6 Å². The molecule has 3 rings (SSSR count). The Morgan fingerprint density at radius 3 is 2.83 bits per heavy atom. The highest BCUT2D eigenvalue weighted by Gasteiger charge is 2.35. The van der Waals surface area contributed by atoms with Crippen molar-refractivity contribution in [1.29, 1.82) is 0 Å². The molecule has 2 amide bonds. The smallest absolute Gasteiger partial charge is 0.317 e. The van der Waals surface area contributed by atoms with Crippen LogP contribution >= 0.6 is 15.9 Å². The Morgan fingerprint density at radius 1 is 1.28 bits per heavy atom. The molecule has 18 heavy (non-hydrogen) atoms. The number of hydrogen-bond acceptors (Lipinski definition) is 2. The van der Waals surface area contributed by atoms with Crippen LogP contribution in [-0.2, 0) is 6.54 Å². The lowest BCUT2D eigenvalue weighted by Crippen LogP contribution is -2.51. The summed E-state index contributed by atoms with van der Waals surface area (Å²) in [7, 11) is 0. The molecular formula is C13H16BrN3O. The number of urea groups is 1. The quantitative estimate of drug-likeness (QED) is 0.902. The van der Waals surface area contributed by atoms with Gasteiger partial charge in [-0.1, -0.05) is 28.1 Å². The van der Waals surface area contributed by atoms with Gasteiger partial charge in [0.15, 0.2) is 0 Å². The Hall–Kier alpha value is -1.07. The van der Waals surface area contributed by atoms with Gasteiger partial charge in [0.1, 0.15) is 0 Å². The lowest BCUT2D eigenvalue weighted by atomic mass is 10.1. The lowest BCUT2D eigenvalue weighted by molar-refractivity contribution is 0.116. The molecule has 1 atom stereocenters. The van der Waals surface area contributed by atoms with Crippen molar-refractivity contribution in [2.24, 2.45) is 0 Å². The van der Waals surface area contributed by atoms with Gasteiger partial charge in [0.25, 0.3) is 0 Å². The van der Waals surface area contributed by atoms with Gasteiger partial charge in [-0.3, -0.25) is 4.90 Å². The van der Waals surface area contributed by atoms with Gasteiger partial charge in [0, 0.05) is 37.2 Å². The molecule has 2 heterocycles. The highest BCUT2D eigenvalue weighted by Crippen LogP contribution is 2.17.